The van der Waals surface area contributed by atoms with Crippen LogP contribution in [0.5, 0.6) is 0 Å². The zero-order valence-corrected chi connectivity index (χ0v) is 12.1. The molecule has 0 radical (unpaired) electrons. The lowest BCUT2D eigenvalue weighted by Gasteiger charge is -2.03. The smallest absolute Gasteiger partial charge is 0.166 e. The van der Waals surface area contributed by atoms with Crippen LogP contribution in [-0.4, -0.2) is 9.97 Å². The van der Waals surface area contributed by atoms with Gasteiger partial charge < -0.3 is 4.98 Å². The lowest BCUT2D eigenvalue weighted by atomic mass is 10.2. The number of thioether (sulfide) groups is 1. The number of imidazole rings is 1. The summed E-state index contributed by atoms with van der Waals surface area (Å²) in [6.07, 6.45) is 5.35. The third-order valence-electron chi connectivity index (χ3n) is 2.95. The zero-order valence-electron chi connectivity index (χ0n) is 10.6. The van der Waals surface area contributed by atoms with E-state index in [1.165, 1.54) is 0 Å². The molecule has 0 aliphatic rings. The van der Waals surface area contributed by atoms with Crippen molar-refractivity contribution in [2.45, 2.75) is 10.9 Å². The molecule has 4 heteroatoms. The summed E-state index contributed by atoms with van der Waals surface area (Å²) < 4.78 is 0. The summed E-state index contributed by atoms with van der Waals surface area (Å²) in [5.41, 5.74) is 3.87. The van der Waals surface area contributed by atoms with E-state index in [0.717, 1.165) is 33.1 Å². The van der Waals surface area contributed by atoms with Gasteiger partial charge in [0.15, 0.2) is 5.16 Å². The molecule has 0 spiro atoms. The molecule has 0 aliphatic heterocycles. The largest absolute Gasteiger partial charge is 0.333 e. The molecule has 0 saturated heterocycles. The van der Waals surface area contributed by atoms with E-state index in [1.807, 2.05) is 42.5 Å². The van der Waals surface area contributed by atoms with Gasteiger partial charge in [0.1, 0.15) is 0 Å². The van der Waals surface area contributed by atoms with Crippen LogP contribution in [0.25, 0.3) is 11.0 Å². The Morgan fingerprint density at radius 1 is 1.25 bits per heavy atom. The van der Waals surface area contributed by atoms with E-state index < -0.39 is 0 Å². The highest BCUT2D eigenvalue weighted by molar-refractivity contribution is 7.98. The van der Waals surface area contributed by atoms with Crippen molar-refractivity contribution in [2.75, 3.05) is 0 Å². The number of hydrogen-bond acceptors (Lipinski definition) is 2. The highest BCUT2D eigenvalue weighted by atomic mass is 35.5. The molecule has 0 aliphatic carbocycles. The minimum absolute atomic E-state index is 0.698. The number of halogens is 1. The van der Waals surface area contributed by atoms with Gasteiger partial charge in [0.2, 0.25) is 0 Å². The first-order valence-electron chi connectivity index (χ1n) is 6.09. The van der Waals surface area contributed by atoms with Crippen LogP contribution in [0.2, 0.25) is 5.02 Å². The maximum absolute atomic E-state index is 6.21. The van der Waals surface area contributed by atoms with Crippen LogP contribution in [0.1, 0.15) is 11.1 Å². The Morgan fingerprint density at radius 3 is 2.85 bits per heavy atom. The van der Waals surface area contributed by atoms with Crippen molar-refractivity contribution >= 4 is 34.4 Å². The second kappa shape index (κ2) is 5.62. The van der Waals surface area contributed by atoms with Gasteiger partial charge in [-0.15, -0.1) is 6.42 Å². The van der Waals surface area contributed by atoms with Gasteiger partial charge >= 0.3 is 0 Å². The van der Waals surface area contributed by atoms with Gasteiger partial charge in [0.05, 0.1) is 11.0 Å². The maximum Gasteiger partial charge on any atom is 0.166 e. The van der Waals surface area contributed by atoms with Crippen molar-refractivity contribution in [1.82, 2.24) is 9.97 Å². The van der Waals surface area contributed by atoms with Gasteiger partial charge in [-0.3, -0.25) is 0 Å². The summed E-state index contributed by atoms with van der Waals surface area (Å²) in [6, 6.07) is 13.7. The summed E-state index contributed by atoms with van der Waals surface area (Å²) in [6.45, 7) is 0. The van der Waals surface area contributed by atoms with Crippen molar-refractivity contribution in [1.29, 1.82) is 0 Å². The summed E-state index contributed by atoms with van der Waals surface area (Å²) in [5, 5.41) is 1.59. The fourth-order valence-corrected chi connectivity index (χ4v) is 3.11. The number of fused-ring (bicyclic) bond motifs is 1. The molecule has 2 nitrogen and oxygen atoms in total. The second-order valence-electron chi connectivity index (χ2n) is 4.30. The third-order valence-corrected chi connectivity index (χ3v) is 4.23. The van der Waals surface area contributed by atoms with E-state index in [0.29, 0.717) is 5.02 Å². The maximum atomic E-state index is 6.21. The molecule has 1 heterocycles. The fraction of sp³-hybridized carbons (Fsp3) is 0.0625. The van der Waals surface area contributed by atoms with Gasteiger partial charge in [-0.05, 0) is 29.8 Å². The Hall–Kier alpha value is -1.89. The van der Waals surface area contributed by atoms with Crippen LogP contribution >= 0.6 is 23.4 Å². The van der Waals surface area contributed by atoms with E-state index in [4.69, 9.17) is 18.0 Å². The highest BCUT2D eigenvalue weighted by Gasteiger charge is 2.06. The molecule has 1 N–H and O–H groups in total. The van der Waals surface area contributed by atoms with Crippen LogP contribution in [0.3, 0.4) is 0 Å². The number of rotatable bonds is 3. The first-order valence-corrected chi connectivity index (χ1v) is 7.45. The van der Waals surface area contributed by atoms with E-state index in [9.17, 15) is 0 Å². The third kappa shape index (κ3) is 2.67. The van der Waals surface area contributed by atoms with Crippen LogP contribution in [0.15, 0.2) is 47.6 Å². The van der Waals surface area contributed by atoms with Gasteiger partial charge in [-0.25, -0.2) is 4.98 Å². The fourth-order valence-electron chi connectivity index (χ4n) is 1.90. The molecule has 0 bridgehead atoms. The predicted octanol–water partition coefficient (Wildman–Crippen LogP) is 4.49. The number of aromatic amines is 1. The number of H-pyrrole nitrogens is 1. The SMILES string of the molecule is C#Cc1ccc(CSc2nc3ccccc3[nH]2)c(Cl)c1. The average molecular weight is 299 g/mol. The molecule has 0 atom stereocenters. The molecule has 98 valence electrons. The predicted molar refractivity (Wildman–Crippen MR) is 85.0 cm³/mol. The van der Waals surface area contributed by atoms with Crippen LogP contribution in [-0.2, 0) is 5.75 Å². The number of nitrogens with one attached hydrogen (secondary N) is 1. The molecule has 3 rings (SSSR count). The van der Waals surface area contributed by atoms with Crippen molar-refractivity contribution in [3.05, 3.63) is 58.6 Å². The molecule has 1 aromatic heterocycles. The number of benzene rings is 2. The lowest BCUT2D eigenvalue weighted by molar-refractivity contribution is 1.08. The highest BCUT2D eigenvalue weighted by Crippen LogP contribution is 2.27. The average Bonchev–Trinajstić information content (AvgIpc) is 2.88. The number of nitrogens with zero attached hydrogens (tertiary/aromatic N) is 1. The number of para-hydroxylation sites is 2. The number of aromatic nitrogens is 2. The Balaban J connectivity index is 1.77. The van der Waals surface area contributed by atoms with Gasteiger partial charge in [-0.2, -0.15) is 0 Å². The molecule has 20 heavy (non-hydrogen) atoms. The summed E-state index contributed by atoms with van der Waals surface area (Å²) in [5.74, 6) is 3.33. The quantitative estimate of drug-likeness (QED) is 0.570. The molecule has 0 saturated carbocycles. The molecule has 0 amide bonds. The minimum Gasteiger partial charge on any atom is -0.333 e. The monoisotopic (exact) mass is 298 g/mol. The topological polar surface area (TPSA) is 28.7 Å². The van der Waals surface area contributed by atoms with Crippen LogP contribution < -0.4 is 0 Å². The first kappa shape index (κ1) is 13.1. The standard InChI is InChI=1S/C16H11ClN2S/c1-2-11-7-8-12(13(17)9-11)10-20-16-18-14-5-3-4-6-15(14)19-16/h1,3-9H,10H2,(H,18,19). The molecular weight excluding hydrogens is 288 g/mol. The number of terminal acetylenes is 1. The summed E-state index contributed by atoms with van der Waals surface area (Å²) in [4.78, 5) is 7.81. The minimum atomic E-state index is 0.698. The molecule has 2 aromatic carbocycles. The number of hydrogen-bond donors (Lipinski definition) is 1. The van der Waals surface area contributed by atoms with E-state index >= 15 is 0 Å². The zero-order chi connectivity index (χ0) is 13.9. The van der Waals surface area contributed by atoms with Crippen LogP contribution in [0, 0.1) is 12.3 Å². The van der Waals surface area contributed by atoms with E-state index in [1.54, 1.807) is 11.8 Å². The molecule has 3 aromatic rings. The second-order valence-corrected chi connectivity index (χ2v) is 5.67. The van der Waals surface area contributed by atoms with E-state index in [2.05, 4.69) is 15.9 Å². The van der Waals surface area contributed by atoms with Gasteiger partial charge in [-0.1, -0.05) is 47.5 Å². The van der Waals surface area contributed by atoms with Crippen molar-refractivity contribution in [3.8, 4) is 12.3 Å². The van der Waals surface area contributed by atoms with Crippen molar-refractivity contribution in [3.63, 3.8) is 0 Å². The summed E-state index contributed by atoms with van der Waals surface area (Å²) in [7, 11) is 0. The van der Waals surface area contributed by atoms with Gasteiger partial charge in [0, 0.05) is 16.3 Å². The lowest BCUT2D eigenvalue weighted by Crippen LogP contribution is -1.85. The molecular formula is C16H11ClN2S. The Kier molecular flexibility index (Phi) is 3.68. The van der Waals surface area contributed by atoms with E-state index in [-0.39, 0.29) is 0 Å². The molecule has 0 fully saturated rings. The molecule has 0 unspecified atom stereocenters. The summed E-state index contributed by atoms with van der Waals surface area (Å²) >= 11 is 7.84. The van der Waals surface area contributed by atoms with Crippen molar-refractivity contribution in [2.24, 2.45) is 0 Å². The van der Waals surface area contributed by atoms with Crippen molar-refractivity contribution < 1.29 is 0 Å². The van der Waals surface area contributed by atoms with Gasteiger partial charge in [0.25, 0.3) is 0 Å². The Bertz CT molecular complexity index is 769. The van der Waals surface area contributed by atoms with Crippen LogP contribution in [0.4, 0.5) is 0 Å². The first-order chi connectivity index (χ1) is 9.76. The Morgan fingerprint density at radius 2 is 2.10 bits per heavy atom. The normalized spacial score (nSPS) is 10.6. The Labute approximate surface area is 126 Å².